The fourth-order valence-corrected chi connectivity index (χ4v) is 2.05. The summed E-state index contributed by atoms with van der Waals surface area (Å²) in [5, 5.41) is 13.1. The van der Waals surface area contributed by atoms with Crippen molar-refractivity contribution in [1.29, 1.82) is 0 Å². The summed E-state index contributed by atoms with van der Waals surface area (Å²) in [6.45, 7) is 0.655. The number of phenolic OH excluding ortho intramolecular Hbond substituents is 1. The van der Waals surface area contributed by atoms with Gasteiger partial charge in [-0.3, -0.25) is 4.79 Å². The molecule has 0 saturated carbocycles. The van der Waals surface area contributed by atoms with Gasteiger partial charge < -0.3 is 10.4 Å². The van der Waals surface area contributed by atoms with Crippen LogP contribution in [0.15, 0.2) is 24.3 Å². The average Bonchev–Trinajstić information content (AvgIpc) is 2.37. The molecule has 0 unspecified atom stereocenters. The van der Waals surface area contributed by atoms with Gasteiger partial charge in [-0.15, -0.1) is 0 Å². The molecule has 100 valence electrons. The SMILES string of the molecule is O=C(CCCCCBr)NCCc1ccc(O)cc1. The second-order valence-corrected chi connectivity index (χ2v) is 5.06. The average molecular weight is 314 g/mol. The number of halogens is 1. The number of hydrogen-bond donors (Lipinski definition) is 2. The summed E-state index contributed by atoms with van der Waals surface area (Å²) >= 11 is 3.37. The summed E-state index contributed by atoms with van der Waals surface area (Å²) in [6, 6.07) is 7.07. The molecule has 0 aliphatic carbocycles. The Morgan fingerprint density at radius 1 is 1.17 bits per heavy atom. The number of carbonyl (C=O) groups is 1. The molecule has 0 bridgehead atoms. The monoisotopic (exact) mass is 313 g/mol. The Hall–Kier alpha value is -1.03. The normalized spacial score (nSPS) is 10.3. The molecule has 0 atom stereocenters. The van der Waals surface area contributed by atoms with E-state index >= 15 is 0 Å². The van der Waals surface area contributed by atoms with Crippen LogP contribution in [-0.2, 0) is 11.2 Å². The van der Waals surface area contributed by atoms with Crippen molar-refractivity contribution in [3.8, 4) is 5.75 Å². The largest absolute Gasteiger partial charge is 0.508 e. The maximum Gasteiger partial charge on any atom is 0.220 e. The van der Waals surface area contributed by atoms with E-state index in [9.17, 15) is 4.79 Å². The van der Waals surface area contributed by atoms with Crippen molar-refractivity contribution >= 4 is 21.8 Å². The number of rotatable bonds is 8. The van der Waals surface area contributed by atoms with Crippen molar-refractivity contribution in [2.75, 3.05) is 11.9 Å². The van der Waals surface area contributed by atoms with E-state index in [1.165, 1.54) is 0 Å². The fraction of sp³-hybridized carbons (Fsp3) is 0.500. The number of carbonyl (C=O) groups excluding carboxylic acids is 1. The fourth-order valence-electron chi connectivity index (χ4n) is 1.65. The predicted octanol–water partition coefficient (Wildman–Crippen LogP) is 3.01. The lowest BCUT2D eigenvalue weighted by atomic mass is 10.1. The van der Waals surface area contributed by atoms with Crippen molar-refractivity contribution in [2.24, 2.45) is 0 Å². The Bertz CT molecular complexity index is 351. The topological polar surface area (TPSA) is 49.3 Å². The van der Waals surface area contributed by atoms with Crippen molar-refractivity contribution < 1.29 is 9.90 Å². The highest BCUT2D eigenvalue weighted by Gasteiger charge is 2.00. The summed E-state index contributed by atoms with van der Waals surface area (Å²) in [5.41, 5.74) is 1.12. The maximum absolute atomic E-state index is 11.5. The summed E-state index contributed by atoms with van der Waals surface area (Å²) in [4.78, 5) is 11.5. The molecular formula is C14H20BrNO2. The van der Waals surface area contributed by atoms with Gasteiger partial charge in [0, 0.05) is 18.3 Å². The number of aromatic hydroxyl groups is 1. The van der Waals surface area contributed by atoms with Crippen molar-refractivity contribution in [3.05, 3.63) is 29.8 Å². The van der Waals surface area contributed by atoms with Gasteiger partial charge in [-0.1, -0.05) is 34.5 Å². The van der Waals surface area contributed by atoms with Gasteiger partial charge in [-0.25, -0.2) is 0 Å². The van der Waals surface area contributed by atoms with Crippen LogP contribution in [0.2, 0.25) is 0 Å². The van der Waals surface area contributed by atoms with Crippen LogP contribution in [0.25, 0.3) is 0 Å². The van der Waals surface area contributed by atoms with E-state index in [0.717, 1.165) is 36.6 Å². The van der Waals surface area contributed by atoms with Crippen LogP contribution in [0, 0.1) is 0 Å². The molecule has 2 N–H and O–H groups in total. The van der Waals surface area contributed by atoms with E-state index in [1.54, 1.807) is 12.1 Å². The van der Waals surface area contributed by atoms with E-state index in [-0.39, 0.29) is 11.7 Å². The standard InChI is InChI=1S/C14H20BrNO2/c15-10-3-1-2-4-14(18)16-11-9-12-5-7-13(17)8-6-12/h5-8,17H,1-4,9-11H2,(H,16,18). The molecular weight excluding hydrogens is 294 g/mol. The summed E-state index contributed by atoms with van der Waals surface area (Å²) in [5.74, 6) is 0.401. The number of phenols is 1. The molecule has 0 aliphatic rings. The second-order valence-electron chi connectivity index (χ2n) is 4.27. The Labute approximate surface area is 117 Å². The zero-order valence-corrected chi connectivity index (χ0v) is 12.1. The number of benzene rings is 1. The molecule has 1 amide bonds. The number of alkyl halides is 1. The Kier molecular flexibility index (Phi) is 7.49. The molecule has 0 saturated heterocycles. The quantitative estimate of drug-likeness (QED) is 0.572. The molecule has 18 heavy (non-hydrogen) atoms. The molecule has 1 aromatic rings. The van der Waals surface area contributed by atoms with E-state index in [2.05, 4.69) is 21.2 Å². The first-order valence-electron chi connectivity index (χ1n) is 6.33. The first-order chi connectivity index (χ1) is 8.72. The molecule has 3 nitrogen and oxygen atoms in total. The van der Waals surface area contributed by atoms with E-state index in [1.807, 2.05) is 12.1 Å². The van der Waals surface area contributed by atoms with Gasteiger partial charge in [0.25, 0.3) is 0 Å². The van der Waals surface area contributed by atoms with E-state index in [4.69, 9.17) is 5.11 Å². The van der Waals surface area contributed by atoms with Crippen LogP contribution < -0.4 is 5.32 Å². The van der Waals surface area contributed by atoms with Gasteiger partial charge in [-0.05, 0) is 37.0 Å². The minimum Gasteiger partial charge on any atom is -0.508 e. The van der Waals surface area contributed by atoms with Crippen molar-refractivity contribution in [3.63, 3.8) is 0 Å². The molecule has 0 heterocycles. The first-order valence-corrected chi connectivity index (χ1v) is 7.45. The van der Waals surface area contributed by atoms with Gasteiger partial charge >= 0.3 is 0 Å². The lowest BCUT2D eigenvalue weighted by Gasteiger charge is -2.05. The number of amides is 1. The van der Waals surface area contributed by atoms with E-state index < -0.39 is 0 Å². The van der Waals surface area contributed by atoms with Crippen LogP contribution in [0.4, 0.5) is 0 Å². The third kappa shape index (κ3) is 6.64. The van der Waals surface area contributed by atoms with Crippen molar-refractivity contribution in [1.82, 2.24) is 5.32 Å². The molecule has 0 fully saturated rings. The highest BCUT2D eigenvalue weighted by Crippen LogP contribution is 2.09. The molecule has 0 aliphatic heterocycles. The van der Waals surface area contributed by atoms with E-state index in [0.29, 0.717) is 13.0 Å². The summed E-state index contributed by atoms with van der Waals surface area (Å²) < 4.78 is 0. The van der Waals surface area contributed by atoms with Gasteiger partial charge in [0.1, 0.15) is 5.75 Å². The molecule has 4 heteroatoms. The third-order valence-corrected chi connectivity index (χ3v) is 3.27. The highest BCUT2D eigenvalue weighted by atomic mass is 79.9. The number of unbranched alkanes of at least 4 members (excludes halogenated alkanes) is 2. The third-order valence-electron chi connectivity index (χ3n) is 2.71. The smallest absolute Gasteiger partial charge is 0.220 e. The van der Waals surface area contributed by atoms with Crippen molar-refractivity contribution in [2.45, 2.75) is 32.1 Å². The van der Waals surface area contributed by atoms with Gasteiger partial charge in [0.05, 0.1) is 0 Å². The molecule has 0 spiro atoms. The Morgan fingerprint density at radius 3 is 2.56 bits per heavy atom. The molecule has 0 radical (unpaired) electrons. The van der Waals surface area contributed by atoms with Gasteiger partial charge in [0.15, 0.2) is 0 Å². The highest BCUT2D eigenvalue weighted by molar-refractivity contribution is 9.09. The summed E-state index contributed by atoms with van der Waals surface area (Å²) in [6.07, 6.45) is 4.59. The van der Waals surface area contributed by atoms with Crippen LogP contribution in [0.1, 0.15) is 31.2 Å². The first kappa shape index (κ1) is 15.0. The lowest BCUT2D eigenvalue weighted by Crippen LogP contribution is -2.25. The van der Waals surface area contributed by atoms with Crippen LogP contribution in [-0.4, -0.2) is 22.9 Å². The number of nitrogens with one attached hydrogen (secondary N) is 1. The predicted molar refractivity (Wildman–Crippen MR) is 77.1 cm³/mol. The Balaban J connectivity index is 2.10. The van der Waals surface area contributed by atoms with Gasteiger partial charge in [0.2, 0.25) is 5.91 Å². The summed E-state index contributed by atoms with van der Waals surface area (Å²) in [7, 11) is 0. The van der Waals surface area contributed by atoms with Crippen LogP contribution >= 0.6 is 15.9 Å². The molecule has 0 aromatic heterocycles. The second kappa shape index (κ2) is 8.97. The maximum atomic E-state index is 11.5. The molecule has 1 rings (SSSR count). The Morgan fingerprint density at radius 2 is 1.89 bits per heavy atom. The zero-order valence-electron chi connectivity index (χ0n) is 10.5. The zero-order chi connectivity index (χ0) is 13.2. The minimum atomic E-state index is 0.128. The lowest BCUT2D eigenvalue weighted by molar-refractivity contribution is -0.121. The molecule has 1 aromatic carbocycles. The number of hydrogen-bond acceptors (Lipinski definition) is 2. The van der Waals surface area contributed by atoms with Crippen LogP contribution in [0.3, 0.4) is 0 Å². The van der Waals surface area contributed by atoms with Crippen LogP contribution in [0.5, 0.6) is 5.75 Å². The minimum absolute atomic E-state index is 0.128. The van der Waals surface area contributed by atoms with Gasteiger partial charge in [-0.2, -0.15) is 0 Å².